The van der Waals surface area contributed by atoms with E-state index in [-0.39, 0.29) is 30.5 Å². The van der Waals surface area contributed by atoms with Crippen molar-refractivity contribution in [3.05, 3.63) is 63.7 Å². The van der Waals surface area contributed by atoms with E-state index in [2.05, 4.69) is 30.9 Å². The number of fused-ring (bicyclic) bond motifs is 1. The first-order valence-corrected chi connectivity index (χ1v) is 13.4. The van der Waals surface area contributed by atoms with Gasteiger partial charge in [0.15, 0.2) is 0 Å². The number of alkyl halides is 6. The molecule has 2 aliphatic carbocycles. The summed E-state index contributed by atoms with van der Waals surface area (Å²) < 4.78 is 86.0. The fraction of sp³-hybridized carbons (Fsp3) is 0.552. The van der Waals surface area contributed by atoms with Crippen LogP contribution in [0, 0.1) is 0 Å². The highest BCUT2D eigenvalue weighted by Crippen LogP contribution is 2.39. The number of aryl methyl sites for hydroxylation is 2. The number of hydrogen-bond donors (Lipinski definition) is 1. The van der Waals surface area contributed by atoms with Gasteiger partial charge < -0.3 is 15.4 Å². The van der Waals surface area contributed by atoms with Crippen LogP contribution < -0.4 is 10.6 Å². The monoisotopic (exact) mass is 556 g/mol. The van der Waals surface area contributed by atoms with Crippen LogP contribution in [0.2, 0.25) is 0 Å². The molecule has 0 aliphatic heterocycles. The number of nitrogens with zero attached hydrogens (tertiary/aromatic N) is 1. The van der Waals surface area contributed by atoms with Crippen LogP contribution in [0.3, 0.4) is 0 Å². The van der Waals surface area contributed by atoms with Crippen molar-refractivity contribution in [2.24, 2.45) is 5.73 Å². The SMILES string of the molecule is CC(C)N(c1cc2c(cc1CC(Cc1cc(C(F)(F)F)cc(C(F)(F)F)c1)OC(N)=O)CCC2)C1CCCC1. The van der Waals surface area contributed by atoms with Gasteiger partial charge in [0.05, 0.1) is 11.1 Å². The van der Waals surface area contributed by atoms with Gasteiger partial charge in [-0.15, -0.1) is 0 Å². The zero-order chi connectivity index (χ0) is 28.5. The van der Waals surface area contributed by atoms with Gasteiger partial charge in [-0.2, -0.15) is 26.3 Å². The van der Waals surface area contributed by atoms with Crippen LogP contribution in [0.5, 0.6) is 0 Å². The summed E-state index contributed by atoms with van der Waals surface area (Å²) in [6.07, 6.45) is -5.19. The number of carbonyl (C=O) groups excluding carboxylic acids is 1. The van der Waals surface area contributed by atoms with Gasteiger partial charge in [-0.3, -0.25) is 0 Å². The van der Waals surface area contributed by atoms with Crippen LogP contribution in [-0.4, -0.2) is 24.3 Å². The van der Waals surface area contributed by atoms with Crippen molar-refractivity contribution in [1.29, 1.82) is 0 Å². The average molecular weight is 557 g/mol. The number of anilines is 1. The van der Waals surface area contributed by atoms with Gasteiger partial charge in [-0.25, -0.2) is 4.79 Å². The van der Waals surface area contributed by atoms with E-state index in [0.717, 1.165) is 56.2 Å². The Hall–Kier alpha value is -2.91. The Morgan fingerprint density at radius 2 is 1.46 bits per heavy atom. The van der Waals surface area contributed by atoms with Crippen molar-refractivity contribution >= 4 is 11.8 Å². The predicted octanol–water partition coefficient (Wildman–Crippen LogP) is 7.62. The maximum Gasteiger partial charge on any atom is 0.416 e. The van der Waals surface area contributed by atoms with Crippen molar-refractivity contribution in [1.82, 2.24) is 0 Å². The molecule has 1 fully saturated rings. The van der Waals surface area contributed by atoms with Crippen molar-refractivity contribution in [3.8, 4) is 0 Å². The molecule has 4 rings (SSSR count). The van der Waals surface area contributed by atoms with Gasteiger partial charge in [-0.1, -0.05) is 18.9 Å². The van der Waals surface area contributed by atoms with Gasteiger partial charge in [0, 0.05) is 30.6 Å². The molecule has 0 aromatic heterocycles. The molecule has 10 heteroatoms. The molecule has 4 nitrogen and oxygen atoms in total. The standard InChI is InChI=1S/C29H34F6N2O2/c1-17(2)37(24-8-3-4-9-24)26-15-20-7-5-6-19(20)13-21(26)14-25(39-27(36)38)12-18-10-22(28(30,31)32)16-23(11-18)29(33,34)35/h10-11,13,15-17,24-25H,3-9,12,14H2,1-2H3,(H2,36,38). The second kappa shape index (κ2) is 11.3. The summed E-state index contributed by atoms with van der Waals surface area (Å²) in [5.74, 6) is 0. The summed E-state index contributed by atoms with van der Waals surface area (Å²) in [6.45, 7) is 4.21. The van der Waals surface area contributed by atoms with E-state index in [1.54, 1.807) is 0 Å². The molecule has 1 atom stereocenters. The fourth-order valence-corrected chi connectivity index (χ4v) is 6.11. The van der Waals surface area contributed by atoms with Crippen molar-refractivity contribution in [2.45, 2.75) is 102 Å². The predicted molar refractivity (Wildman–Crippen MR) is 137 cm³/mol. The van der Waals surface area contributed by atoms with Crippen LogP contribution in [0.15, 0.2) is 30.3 Å². The van der Waals surface area contributed by atoms with Crippen molar-refractivity contribution < 1.29 is 35.9 Å². The minimum Gasteiger partial charge on any atom is -0.446 e. The Kier molecular flexibility index (Phi) is 8.42. The molecule has 0 saturated heterocycles. The van der Waals surface area contributed by atoms with Gasteiger partial charge in [0.1, 0.15) is 6.10 Å². The molecule has 0 spiro atoms. The zero-order valence-corrected chi connectivity index (χ0v) is 22.1. The zero-order valence-electron chi connectivity index (χ0n) is 22.1. The number of nitrogens with two attached hydrogens (primary N) is 1. The molecular formula is C29H34F6N2O2. The van der Waals surface area contributed by atoms with E-state index in [1.807, 2.05) is 0 Å². The van der Waals surface area contributed by atoms with E-state index in [0.29, 0.717) is 18.2 Å². The Labute approximate surface area is 224 Å². The maximum atomic E-state index is 13.4. The molecule has 214 valence electrons. The lowest BCUT2D eigenvalue weighted by Crippen LogP contribution is -2.40. The Morgan fingerprint density at radius 3 is 1.97 bits per heavy atom. The topological polar surface area (TPSA) is 55.6 Å². The molecule has 1 unspecified atom stereocenters. The number of rotatable bonds is 8. The van der Waals surface area contributed by atoms with Crippen LogP contribution in [0.25, 0.3) is 0 Å². The highest BCUT2D eigenvalue weighted by molar-refractivity contribution is 5.65. The molecule has 1 amide bonds. The first kappa shape index (κ1) is 29.1. The molecule has 2 aromatic carbocycles. The van der Waals surface area contributed by atoms with Crippen LogP contribution in [-0.2, 0) is 42.8 Å². The van der Waals surface area contributed by atoms with Gasteiger partial charge >= 0.3 is 18.4 Å². The third-order valence-electron chi connectivity index (χ3n) is 7.69. The Balaban J connectivity index is 1.73. The molecule has 39 heavy (non-hydrogen) atoms. The second-order valence-electron chi connectivity index (χ2n) is 10.9. The van der Waals surface area contributed by atoms with Crippen molar-refractivity contribution in [2.75, 3.05) is 4.90 Å². The first-order valence-electron chi connectivity index (χ1n) is 13.4. The quantitative estimate of drug-likeness (QED) is 0.341. The van der Waals surface area contributed by atoms with E-state index in [4.69, 9.17) is 10.5 Å². The molecule has 0 heterocycles. The van der Waals surface area contributed by atoms with Crippen LogP contribution in [0.4, 0.5) is 36.8 Å². The third-order valence-corrected chi connectivity index (χ3v) is 7.69. The Morgan fingerprint density at radius 1 is 0.897 bits per heavy atom. The summed E-state index contributed by atoms with van der Waals surface area (Å²) in [5, 5.41) is 0. The number of amides is 1. The number of hydrogen-bond acceptors (Lipinski definition) is 3. The summed E-state index contributed by atoms with van der Waals surface area (Å²) in [5.41, 5.74) is 6.50. The number of ether oxygens (including phenoxy) is 1. The van der Waals surface area contributed by atoms with E-state index in [9.17, 15) is 31.1 Å². The molecule has 2 aliphatic rings. The second-order valence-corrected chi connectivity index (χ2v) is 10.9. The lowest BCUT2D eigenvalue weighted by Gasteiger charge is -2.37. The largest absolute Gasteiger partial charge is 0.446 e. The number of carbonyl (C=O) groups is 1. The van der Waals surface area contributed by atoms with Crippen LogP contribution in [0.1, 0.15) is 79.3 Å². The number of benzene rings is 2. The minimum absolute atomic E-state index is 0.0914. The van der Waals surface area contributed by atoms with Crippen molar-refractivity contribution in [3.63, 3.8) is 0 Å². The lowest BCUT2D eigenvalue weighted by atomic mass is 9.93. The molecule has 0 bridgehead atoms. The highest BCUT2D eigenvalue weighted by atomic mass is 19.4. The first-order chi connectivity index (χ1) is 18.2. The fourth-order valence-electron chi connectivity index (χ4n) is 6.11. The summed E-state index contributed by atoms with van der Waals surface area (Å²) in [7, 11) is 0. The normalized spacial score (nSPS) is 16.9. The summed E-state index contributed by atoms with van der Waals surface area (Å²) in [6, 6.07) is 6.17. The van der Waals surface area contributed by atoms with Gasteiger partial charge in [0.2, 0.25) is 0 Å². The smallest absolute Gasteiger partial charge is 0.416 e. The molecular weight excluding hydrogens is 522 g/mol. The number of halogens is 6. The molecule has 2 N–H and O–H groups in total. The minimum atomic E-state index is -4.97. The van der Waals surface area contributed by atoms with E-state index in [1.165, 1.54) is 11.1 Å². The Bertz CT molecular complexity index is 1150. The maximum absolute atomic E-state index is 13.4. The van der Waals surface area contributed by atoms with Gasteiger partial charge in [0.25, 0.3) is 0 Å². The summed E-state index contributed by atoms with van der Waals surface area (Å²) >= 11 is 0. The molecule has 2 aromatic rings. The highest BCUT2D eigenvalue weighted by Gasteiger charge is 2.37. The average Bonchev–Trinajstić information content (AvgIpc) is 3.49. The van der Waals surface area contributed by atoms with Crippen LogP contribution >= 0.6 is 0 Å². The third kappa shape index (κ3) is 7.00. The van der Waals surface area contributed by atoms with Gasteiger partial charge in [-0.05, 0) is 92.5 Å². The molecule has 0 radical (unpaired) electrons. The summed E-state index contributed by atoms with van der Waals surface area (Å²) in [4.78, 5) is 14.2. The lowest BCUT2D eigenvalue weighted by molar-refractivity contribution is -0.143. The van der Waals surface area contributed by atoms with E-state index >= 15 is 0 Å². The molecule has 1 saturated carbocycles. The van der Waals surface area contributed by atoms with E-state index < -0.39 is 35.7 Å². The number of primary amides is 1.